The van der Waals surface area contributed by atoms with Crippen LogP contribution in [-0.2, 0) is 16.4 Å². The van der Waals surface area contributed by atoms with Gasteiger partial charge in [-0.3, -0.25) is 0 Å². The van der Waals surface area contributed by atoms with Crippen molar-refractivity contribution >= 4 is 51.4 Å². The van der Waals surface area contributed by atoms with Gasteiger partial charge in [-0.05, 0) is 45.4 Å². The summed E-state index contributed by atoms with van der Waals surface area (Å²) in [5.41, 5.74) is 0.879. The number of nitrogens with zero attached hydrogens (tertiary/aromatic N) is 2. The second-order valence-electron chi connectivity index (χ2n) is 7.21. The lowest BCUT2D eigenvalue weighted by Gasteiger charge is -2.39. The fourth-order valence-electron chi connectivity index (χ4n) is 3.07. The molecule has 166 valence electrons. The van der Waals surface area contributed by atoms with Crippen molar-refractivity contribution in [2.24, 2.45) is 4.99 Å². The number of nitrogens with one attached hydrogen (secondary N) is 1. The molecule has 1 aliphatic heterocycles. The summed E-state index contributed by atoms with van der Waals surface area (Å²) in [6.07, 6.45) is 0. The maximum atomic E-state index is 12.3. The first-order chi connectivity index (χ1) is 13.1. The Hall–Kier alpha value is -0.940. The third kappa shape index (κ3) is 6.27. The number of halogens is 2. The van der Waals surface area contributed by atoms with Gasteiger partial charge in [-0.1, -0.05) is 11.6 Å². The van der Waals surface area contributed by atoms with Crippen molar-refractivity contribution in [2.45, 2.75) is 39.0 Å². The van der Waals surface area contributed by atoms with E-state index in [1.807, 2.05) is 30.9 Å². The molecule has 29 heavy (non-hydrogen) atoms. The minimum Gasteiger partial charge on any atom is -0.493 e. The molecule has 0 atom stereocenters. The molecule has 0 amide bonds. The molecule has 0 spiro atoms. The molecule has 1 aromatic carbocycles. The highest BCUT2D eigenvalue weighted by molar-refractivity contribution is 14.0. The first-order valence-corrected chi connectivity index (χ1v) is 11.4. The van der Waals surface area contributed by atoms with Gasteiger partial charge >= 0.3 is 0 Å². The summed E-state index contributed by atoms with van der Waals surface area (Å²) >= 11 is 6.34. The second kappa shape index (κ2) is 10.9. The van der Waals surface area contributed by atoms with Gasteiger partial charge in [0.15, 0.2) is 27.3 Å². The Morgan fingerprint density at radius 1 is 1.34 bits per heavy atom. The normalized spacial score (nSPS) is 18.0. The molecule has 1 aromatic rings. The summed E-state index contributed by atoms with van der Waals surface area (Å²) in [6, 6.07) is 3.67. The highest BCUT2D eigenvalue weighted by Crippen LogP contribution is 2.36. The van der Waals surface area contributed by atoms with Crippen LogP contribution in [0.2, 0.25) is 5.02 Å². The van der Waals surface area contributed by atoms with Gasteiger partial charge < -0.3 is 19.7 Å². The zero-order valence-electron chi connectivity index (χ0n) is 17.6. The van der Waals surface area contributed by atoms with E-state index in [0.717, 1.165) is 5.56 Å². The number of rotatable bonds is 6. The van der Waals surface area contributed by atoms with Crippen LogP contribution in [0.1, 0.15) is 33.3 Å². The molecule has 0 unspecified atom stereocenters. The number of ether oxygens (including phenoxy) is 2. The van der Waals surface area contributed by atoms with Crippen LogP contribution >= 0.6 is 35.6 Å². The van der Waals surface area contributed by atoms with E-state index in [0.29, 0.717) is 55.3 Å². The summed E-state index contributed by atoms with van der Waals surface area (Å²) in [6.45, 7) is 9.77. The van der Waals surface area contributed by atoms with Crippen molar-refractivity contribution in [3.8, 4) is 11.5 Å². The fourth-order valence-corrected chi connectivity index (χ4v) is 4.72. The Kier molecular flexibility index (Phi) is 9.81. The SMILES string of the molecule is CCNC(=NCc1cc(Cl)c(OCC)c(OC)c1)N1CCS(=O)(=O)C(C)(C)C1.I. The molecule has 0 bridgehead atoms. The topological polar surface area (TPSA) is 80.2 Å². The molecule has 0 radical (unpaired) electrons. The van der Waals surface area contributed by atoms with Crippen molar-refractivity contribution < 1.29 is 17.9 Å². The smallest absolute Gasteiger partial charge is 0.194 e. The van der Waals surface area contributed by atoms with Crippen LogP contribution in [0, 0.1) is 0 Å². The van der Waals surface area contributed by atoms with E-state index in [-0.39, 0.29) is 29.7 Å². The lowest BCUT2D eigenvalue weighted by molar-refractivity contribution is 0.311. The van der Waals surface area contributed by atoms with E-state index in [2.05, 4.69) is 5.32 Å². The van der Waals surface area contributed by atoms with E-state index >= 15 is 0 Å². The van der Waals surface area contributed by atoms with E-state index in [1.165, 1.54) is 0 Å². The molecule has 0 aliphatic carbocycles. The van der Waals surface area contributed by atoms with Gasteiger partial charge in [0, 0.05) is 19.6 Å². The number of hydrogen-bond donors (Lipinski definition) is 1. The monoisotopic (exact) mass is 559 g/mol. The molecule has 1 fully saturated rings. The summed E-state index contributed by atoms with van der Waals surface area (Å²) in [7, 11) is -1.54. The predicted octanol–water partition coefficient (Wildman–Crippen LogP) is 3.34. The molecule has 1 heterocycles. The fraction of sp³-hybridized carbons (Fsp3) is 0.632. The highest BCUT2D eigenvalue weighted by Gasteiger charge is 2.40. The molecular weight excluding hydrogens is 529 g/mol. The van der Waals surface area contributed by atoms with Crippen molar-refractivity contribution in [1.82, 2.24) is 10.2 Å². The summed E-state index contributed by atoms with van der Waals surface area (Å²) in [5, 5.41) is 3.73. The average Bonchev–Trinajstić information content (AvgIpc) is 2.63. The van der Waals surface area contributed by atoms with Crippen molar-refractivity contribution in [3.63, 3.8) is 0 Å². The number of hydrogen-bond acceptors (Lipinski definition) is 5. The molecule has 0 saturated carbocycles. The molecule has 1 saturated heterocycles. The number of benzene rings is 1. The lowest BCUT2D eigenvalue weighted by Crippen LogP contribution is -2.57. The molecular formula is C19H31ClIN3O4S. The number of sulfone groups is 1. The molecule has 0 aromatic heterocycles. The minimum atomic E-state index is -3.11. The van der Waals surface area contributed by atoms with Gasteiger partial charge in [-0.25, -0.2) is 13.4 Å². The highest BCUT2D eigenvalue weighted by atomic mass is 127. The quantitative estimate of drug-likeness (QED) is 0.327. The van der Waals surface area contributed by atoms with Crippen LogP contribution < -0.4 is 14.8 Å². The van der Waals surface area contributed by atoms with E-state index in [1.54, 1.807) is 21.0 Å². The predicted molar refractivity (Wildman–Crippen MR) is 129 cm³/mol. The Balaban J connectivity index is 0.00000420. The van der Waals surface area contributed by atoms with Crippen molar-refractivity contribution in [3.05, 3.63) is 22.7 Å². The van der Waals surface area contributed by atoms with Gasteiger partial charge in [0.1, 0.15) is 0 Å². The second-order valence-corrected chi connectivity index (χ2v) is 10.4. The van der Waals surface area contributed by atoms with Crippen molar-refractivity contribution in [2.75, 3.05) is 39.1 Å². The van der Waals surface area contributed by atoms with Crippen LogP contribution in [0.25, 0.3) is 0 Å². The Morgan fingerprint density at radius 2 is 2.03 bits per heavy atom. The number of guanidine groups is 1. The summed E-state index contributed by atoms with van der Waals surface area (Å²) in [4.78, 5) is 6.69. The zero-order valence-corrected chi connectivity index (χ0v) is 21.5. The van der Waals surface area contributed by atoms with E-state index in [9.17, 15) is 8.42 Å². The third-order valence-electron chi connectivity index (χ3n) is 4.67. The van der Waals surface area contributed by atoms with Crippen LogP contribution in [-0.4, -0.2) is 63.1 Å². The Labute approximate surface area is 196 Å². The van der Waals surface area contributed by atoms with Gasteiger partial charge in [-0.2, -0.15) is 0 Å². The first kappa shape index (κ1) is 26.1. The van der Waals surface area contributed by atoms with E-state index in [4.69, 9.17) is 26.1 Å². The van der Waals surface area contributed by atoms with Gasteiger partial charge in [0.25, 0.3) is 0 Å². The first-order valence-electron chi connectivity index (χ1n) is 9.40. The number of methoxy groups -OCH3 is 1. The van der Waals surface area contributed by atoms with Crippen LogP contribution in [0.15, 0.2) is 17.1 Å². The standard InChI is InChI=1S/C19H30ClN3O4S.HI/c1-6-21-18(23-8-9-28(24,25)19(3,4)13-23)22-12-14-10-15(20)17(27-7-2)16(11-14)26-5;/h10-11H,6-9,12-13H2,1-5H3,(H,21,22);1H. The van der Waals surface area contributed by atoms with Crippen LogP contribution in [0.3, 0.4) is 0 Å². The van der Waals surface area contributed by atoms with Crippen molar-refractivity contribution in [1.29, 1.82) is 0 Å². The minimum absolute atomic E-state index is 0. The Bertz CT molecular complexity index is 831. The molecule has 1 aliphatic rings. The van der Waals surface area contributed by atoms with Gasteiger partial charge in [-0.15, -0.1) is 24.0 Å². The molecule has 10 heteroatoms. The van der Waals surface area contributed by atoms with Gasteiger partial charge in [0.05, 0.1) is 35.8 Å². The summed E-state index contributed by atoms with van der Waals surface area (Å²) in [5.74, 6) is 1.89. The zero-order chi connectivity index (χ0) is 20.9. The Morgan fingerprint density at radius 3 is 2.59 bits per heavy atom. The number of aliphatic imine (C=N–C) groups is 1. The van der Waals surface area contributed by atoms with Crippen LogP contribution in [0.4, 0.5) is 0 Å². The maximum absolute atomic E-state index is 12.3. The van der Waals surface area contributed by atoms with E-state index < -0.39 is 14.6 Å². The lowest BCUT2D eigenvalue weighted by atomic mass is 10.2. The average molecular weight is 560 g/mol. The maximum Gasteiger partial charge on any atom is 0.194 e. The molecule has 2 rings (SSSR count). The molecule has 1 N–H and O–H groups in total. The third-order valence-corrected chi connectivity index (χ3v) is 7.48. The largest absolute Gasteiger partial charge is 0.493 e. The molecule has 7 nitrogen and oxygen atoms in total. The summed E-state index contributed by atoms with van der Waals surface area (Å²) < 4.78 is 34.7. The van der Waals surface area contributed by atoms with Gasteiger partial charge in [0.2, 0.25) is 0 Å². The van der Waals surface area contributed by atoms with Crippen LogP contribution in [0.5, 0.6) is 11.5 Å².